The van der Waals surface area contributed by atoms with Crippen LogP contribution in [0.25, 0.3) is 5.69 Å². The lowest BCUT2D eigenvalue weighted by molar-refractivity contribution is 0.562. The van der Waals surface area contributed by atoms with E-state index in [4.69, 9.17) is 0 Å². The molecule has 0 spiro atoms. The fourth-order valence-corrected chi connectivity index (χ4v) is 2.42. The molecule has 0 saturated carbocycles. The van der Waals surface area contributed by atoms with E-state index < -0.39 is 0 Å². The molecular weight excluding hydrogens is 264 g/mol. The van der Waals surface area contributed by atoms with Gasteiger partial charge in [0.2, 0.25) is 0 Å². The van der Waals surface area contributed by atoms with Crippen molar-refractivity contribution in [3.8, 4) is 5.69 Å². The zero-order chi connectivity index (χ0) is 14.7. The summed E-state index contributed by atoms with van der Waals surface area (Å²) in [4.78, 5) is 4.21. The first-order valence-electron chi connectivity index (χ1n) is 6.97. The summed E-state index contributed by atoms with van der Waals surface area (Å²) in [5, 5.41) is 11.8. The highest BCUT2D eigenvalue weighted by molar-refractivity contribution is 5.34. The van der Waals surface area contributed by atoms with Crippen LogP contribution in [0.5, 0.6) is 0 Å². The lowest BCUT2D eigenvalue weighted by atomic mass is 10.1. The average Bonchev–Trinajstić information content (AvgIpc) is 3.15. The van der Waals surface area contributed by atoms with Crippen LogP contribution < -0.4 is 5.32 Å². The molecular formula is C15H18N6. The van der Waals surface area contributed by atoms with Crippen molar-refractivity contribution in [2.75, 3.05) is 6.54 Å². The van der Waals surface area contributed by atoms with Crippen molar-refractivity contribution in [2.45, 2.75) is 13.0 Å². The van der Waals surface area contributed by atoms with Gasteiger partial charge in [0.05, 0.1) is 41.8 Å². The Kier molecular flexibility index (Phi) is 3.79. The lowest BCUT2D eigenvalue weighted by Crippen LogP contribution is -2.26. The Morgan fingerprint density at radius 2 is 1.95 bits per heavy atom. The highest BCUT2D eigenvalue weighted by atomic mass is 15.4. The van der Waals surface area contributed by atoms with Crippen LogP contribution in [0.4, 0.5) is 0 Å². The van der Waals surface area contributed by atoms with E-state index in [0.717, 1.165) is 23.6 Å². The van der Waals surface area contributed by atoms with Gasteiger partial charge in [0.15, 0.2) is 0 Å². The van der Waals surface area contributed by atoms with Crippen molar-refractivity contribution in [1.82, 2.24) is 29.9 Å². The van der Waals surface area contributed by atoms with E-state index in [2.05, 4.69) is 27.5 Å². The van der Waals surface area contributed by atoms with E-state index in [1.165, 1.54) is 0 Å². The van der Waals surface area contributed by atoms with Gasteiger partial charge >= 0.3 is 0 Å². The maximum Gasteiger partial charge on any atom is 0.0946 e. The highest BCUT2D eigenvalue weighted by Crippen LogP contribution is 2.22. The van der Waals surface area contributed by atoms with Crippen LogP contribution >= 0.6 is 0 Å². The Labute approximate surface area is 123 Å². The van der Waals surface area contributed by atoms with Crippen molar-refractivity contribution in [3.63, 3.8) is 0 Å². The quantitative estimate of drug-likeness (QED) is 0.774. The molecule has 0 aliphatic rings. The first-order chi connectivity index (χ1) is 10.3. The molecule has 0 amide bonds. The predicted molar refractivity (Wildman–Crippen MR) is 80.1 cm³/mol. The summed E-state index contributed by atoms with van der Waals surface area (Å²) in [5.41, 5.74) is 3.07. The smallest absolute Gasteiger partial charge is 0.0946 e. The third-order valence-electron chi connectivity index (χ3n) is 3.43. The number of nitrogens with zero attached hydrogens (tertiary/aromatic N) is 5. The molecule has 0 aliphatic heterocycles. The van der Waals surface area contributed by atoms with Crippen molar-refractivity contribution >= 4 is 0 Å². The van der Waals surface area contributed by atoms with Gasteiger partial charge < -0.3 is 9.88 Å². The molecule has 1 unspecified atom stereocenters. The van der Waals surface area contributed by atoms with E-state index in [1.54, 1.807) is 12.5 Å². The zero-order valence-corrected chi connectivity index (χ0v) is 12.1. The van der Waals surface area contributed by atoms with Gasteiger partial charge in [0, 0.05) is 7.05 Å². The lowest BCUT2D eigenvalue weighted by Gasteiger charge is -2.19. The number of aryl methyl sites for hydroxylation is 1. The molecule has 21 heavy (non-hydrogen) atoms. The summed E-state index contributed by atoms with van der Waals surface area (Å²) in [7, 11) is 1.99. The third kappa shape index (κ3) is 2.57. The maximum atomic E-state index is 4.23. The second-order valence-electron chi connectivity index (χ2n) is 4.83. The summed E-state index contributed by atoms with van der Waals surface area (Å²) < 4.78 is 3.87. The second-order valence-corrected chi connectivity index (χ2v) is 4.83. The summed E-state index contributed by atoms with van der Waals surface area (Å²) in [6.07, 6.45) is 5.47. The van der Waals surface area contributed by atoms with Crippen LogP contribution in [-0.4, -0.2) is 31.1 Å². The number of hydrogen-bond donors (Lipinski definition) is 1. The molecule has 2 aromatic heterocycles. The van der Waals surface area contributed by atoms with E-state index in [0.29, 0.717) is 0 Å². The van der Waals surface area contributed by atoms with E-state index in [1.807, 2.05) is 52.8 Å². The van der Waals surface area contributed by atoms with Crippen LogP contribution in [0.15, 0.2) is 49.1 Å². The second kappa shape index (κ2) is 5.88. The summed E-state index contributed by atoms with van der Waals surface area (Å²) in [5.74, 6) is 0. The van der Waals surface area contributed by atoms with Crippen LogP contribution in [0.2, 0.25) is 0 Å². The molecule has 0 fully saturated rings. The predicted octanol–water partition coefficient (Wildman–Crippen LogP) is 1.70. The summed E-state index contributed by atoms with van der Waals surface area (Å²) in [6.45, 7) is 2.93. The van der Waals surface area contributed by atoms with E-state index in [-0.39, 0.29) is 6.04 Å². The first-order valence-corrected chi connectivity index (χ1v) is 6.97. The fraction of sp³-hybridized carbons (Fsp3) is 0.267. The Bertz CT molecular complexity index is 700. The Morgan fingerprint density at radius 1 is 1.14 bits per heavy atom. The van der Waals surface area contributed by atoms with Gasteiger partial charge in [-0.3, -0.25) is 0 Å². The maximum absolute atomic E-state index is 4.23. The molecule has 1 atom stereocenters. The largest absolute Gasteiger partial charge is 0.336 e. The molecule has 2 heterocycles. The van der Waals surface area contributed by atoms with Crippen LogP contribution in [0.3, 0.4) is 0 Å². The minimum atomic E-state index is -0.00212. The number of aromatic nitrogens is 5. The molecule has 0 radical (unpaired) electrons. The van der Waals surface area contributed by atoms with Crippen molar-refractivity contribution in [2.24, 2.45) is 7.05 Å². The number of nitrogens with one attached hydrogen (secondary N) is 1. The molecule has 6 nitrogen and oxygen atoms in total. The average molecular weight is 282 g/mol. The SMILES string of the molecule is CCNC(c1cncn1C)c1cnnn1-c1ccccc1. The minimum absolute atomic E-state index is 0.00212. The molecule has 3 aromatic rings. The topological polar surface area (TPSA) is 60.6 Å². The molecule has 3 rings (SSSR count). The van der Waals surface area contributed by atoms with Gasteiger partial charge in [-0.1, -0.05) is 30.3 Å². The standard InChI is InChI=1S/C15H18N6/c1-3-17-15(13-9-16-11-20(13)2)14-10-18-19-21(14)12-7-5-4-6-8-12/h4-11,15,17H,3H2,1-2H3. The molecule has 1 aromatic carbocycles. The Hall–Kier alpha value is -2.47. The van der Waals surface area contributed by atoms with Gasteiger partial charge in [-0.05, 0) is 18.7 Å². The number of rotatable bonds is 5. The number of para-hydroxylation sites is 1. The van der Waals surface area contributed by atoms with Gasteiger partial charge in [-0.25, -0.2) is 9.67 Å². The normalized spacial score (nSPS) is 12.5. The van der Waals surface area contributed by atoms with E-state index in [9.17, 15) is 0 Å². The molecule has 1 N–H and O–H groups in total. The van der Waals surface area contributed by atoms with Gasteiger partial charge in [-0.2, -0.15) is 0 Å². The molecule has 0 saturated heterocycles. The zero-order valence-electron chi connectivity index (χ0n) is 12.1. The van der Waals surface area contributed by atoms with Crippen molar-refractivity contribution < 1.29 is 0 Å². The van der Waals surface area contributed by atoms with Crippen LogP contribution in [0.1, 0.15) is 24.4 Å². The summed E-state index contributed by atoms with van der Waals surface area (Å²) >= 11 is 0. The third-order valence-corrected chi connectivity index (χ3v) is 3.43. The van der Waals surface area contributed by atoms with Gasteiger partial charge in [0.25, 0.3) is 0 Å². The first kappa shape index (κ1) is 13.5. The number of benzene rings is 1. The van der Waals surface area contributed by atoms with Crippen molar-refractivity contribution in [1.29, 1.82) is 0 Å². The monoisotopic (exact) mass is 282 g/mol. The Morgan fingerprint density at radius 3 is 2.62 bits per heavy atom. The highest BCUT2D eigenvalue weighted by Gasteiger charge is 2.21. The van der Waals surface area contributed by atoms with Crippen LogP contribution in [-0.2, 0) is 7.05 Å². The molecule has 6 heteroatoms. The van der Waals surface area contributed by atoms with E-state index >= 15 is 0 Å². The van der Waals surface area contributed by atoms with Gasteiger partial charge in [-0.15, -0.1) is 5.10 Å². The number of hydrogen-bond acceptors (Lipinski definition) is 4. The van der Waals surface area contributed by atoms with Crippen molar-refractivity contribution in [3.05, 3.63) is 60.4 Å². The minimum Gasteiger partial charge on any atom is -0.336 e. The van der Waals surface area contributed by atoms with Crippen LogP contribution in [0, 0.1) is 0 Å². The fourth-order valence-electron chi connectivity index (χ4n) is 2.42. The number of imidazole rings is 1. The Balaban J connectivity index is 2.06. The molecule has 0 bridgehead atoms. The summed E-state index contributed by atoms with van der Waals surface area (Å²) in [6, 6.07) is 10.0. The molecule has 0 aliphatic carbocycles. The van der Waals surface area contributed by atoms with Gasteiger partial charge in [0.1, 0.15) is 0 Å². The molecule has 108 valence electrons.